The maximum absolute atomic E-state index is 12.0. The van der Waals surface area contributed by atoms with Crippen molar-refractivity contribution in [3.63, 3.8) is 0 Å². The number of hydrogen-bond donors (Lipinski definition) is 2. The molecule has 0 saturated carbocycles. The molecule has 1 aromatic rings. The maximum atomic E-state index is 12.0. The zero-order chi connectivity index (χ0) is 28.3. The Morgan fingerprint density at radius 1 is 0.816 bits per heavy atom. The molecule has 0 fully saturated rings. The summed E-state index contributed by atoms with van der Waals surface area (Å²) in [6.45, 7) is 7.87. The van der Waals surface area contributed by atoms with Crippen molar-refractivity contribution < 1.29 is 52.7 Å². The van der Waals surface area contributed by atoms with Crippen LogP contribution in [0.3, 0.4) is 0 Å². The molecule has 38 heavy (non-hydrogen) atoms. The lowest BCUT2D eigenvalue weighted by molar-refractivity contribution is -0.139. The molecule has 0 aromatic heterocycles. The van der Waals surface area contributed by atoms with Gasteiger partial charge in [0.2, 0.25) is 0 Å². The molecule has 214 valence electrons. The third kappa shape index (κ3) is 13.7. The van der Waals surface area contributed by atoms with Crippen LogP contribution in [0.4, 0.5) is 14.4 Å². The van der Waals surface area contributed by atoms with Gasteiger partial charge in [0.1, 0.15) is 12.1 Å². The minimum Gasteiger partial charge on any atom is -0.480 e. The van der Waals surface area contributed by atoms with Crippen LogP contribution in [0.5, 0.6) is 11.5 Å². The van der Waals surface area contributed by atoms with Crippen LogP contribution in [0, 0.1) is 0 Å². The molecule has 0 aliphatic heterocycles. The van der Waals surface area contributed by atoms with Crippen LogP contribution in [0.15, 0.2) is 18.2 Å². The highest BCUT2D eigenvalue weighted by Crippen LogP contribution is 2.30. The predicted octanol–water partition coefficient (Wildman–Crippen LogP) is 4.85. The number of aliphatic carboxylic acids is 1. The average molecular weight is 542 g/mol. The van der Waals surface area contributed by atoms with Crippen LogP contribution in [0.25, 0.3) is 0 Å². The Kier molecular flexibility index (Phi) is 16.0. The summed E-state index contributed by atoms with van der Waals surface area (Å²) in [5.41, 5.74) is 0.460. The van der Waals surface area contributed by atoms with Crippen molar-refractivity contribution >= 4 is 24.4 Å². The number of benzene rings is 1. The maximum Gasteiger partial charge on any atom is 0.513 e. The minimum absolute atomic E-state index is 0.0234. The van der Waals surface area contributed by atoms with Gasteiger partial charge in [0, 0.05) is 6.54 Å². The summed E-state index contributed by atoms with van der Waals surface area (Å²) < 4.78 is 30.3. The smallest absolute Gasteiger partial charge is 0.480 e. The molecule has 0 heterocycles. The quantitative estimate of drug-likeness (QED) is 0.120. The van der Waals surface area contributed by atoms with Crippen LogP contribution in [-0.4, -0.2) is 68.1 Å². The number of carboxylic acid groups (broad SMARTS) is 1. The third-order valence-electron chi connectivity index (χ3n) is 4.90. The van der Waals surface area contributed by atoms with E-state index < -0.39 is 36.6 Å². The largest absolute Gasteiger partial charge is 0.513 e. The summed E-state index contributed by atoms with van der Waals surface area (Å²) in [6.07, 6.45) is 0.377. The highest BCUT2D eigenvalue weighted by Gasteiger charge is 2.22. The first-order chi connectivity index (χ1) is 18.2. The van der Waals surface area contributed by atoms with Gasteiger partial charge in [-0.3, -0.25) is 4.79 Å². The van der Waals surface area contributed by atoms with Gasteiger partial charge in [-0.25, -0.2) is 14.4 Å². The summed E-state index contributed by atoms with van der Waals surface area (Å²) in [5.74, 6) is -1.38. The van der Waals surface area contributed by atoms with Crippen LogP contribution in [0.1, 0.15) is 65.4 Å². The monoisotopic (exact) mass is 541 g/mol. The lowest BCUT2D eigenvalue weighted by Gasteiger charge is -2.19. The van der Waals surface area contributed by atoms with E-state index in [-0.39, 0.29) is 44.3 Å². The first kappa shape index (κ1) is 32.5. The van der Waals surface area contributed by atoms with Crippen molar-refractivity contribution in [2.45, 2.75) is 78.4 Å². The third-order valence-corrected chi connectivity index (χ3v) is 4.90. The van der Waals surface area contributed by atoms with Gasteiger partial charge in [-0.1, -0.05) is 39.7 Å². The first-order valence-electron chi connectivity index (χ1n) is 12.8. The molecule has 0 aliphatic carbocycles. The topological polar surface area (TPSA) is 156 Å². The molecule has 12 heteroatoms. The summed E-state index contributed by atoms with van der Waals surface area (Å²) in [4.78, 5) is 47.5. The number of ether oxygens (including phenoxy) is 6. The molecular weight excluding hydrogens is 502 g/mol. The summed E-state index contributed by atoms with van der Waals surface area (Å²) in [6, 6.07) is 3.20. The fourth-order valence-electron chi connectivity index (χ4n) is 2.99. The Morgan fingerprint density at radius 2 is 1.42 bits per heavy atom. The van der Waals surface area contributed by atoms with Gasteiger partial charge in [-0.2, -0.15) is 0 Å². The van der Waals surface area contributed by atoms with E-state index in [4.69, 9.17) is 28.4 Å². The predicted molar refractivity (Wildman–Crippen MR) is 136 cm³/mol. The zero-order valence-electron chi connectivity index (χ0n) is 22.5. The van der Waals surface area contributed by atoms with E-state index in [1.54, 1.807) is 6.92 Å². The van der Waals surface area contributed by atoms with Crippen molar-refractivity contribution in [3.05, 3.63) is 23.8 Å². The van der Waals surface area contributed by atoms with Crippen molar-refractivity contribution in [2.75, 3.05) is 26.4 Å². The Morgan fingerprint density at radius 3 is 2.00 bits per heavy atom. The van der Waals surface area contributed by atoms with Gasteiger partial charge in [-0.15, -0.1) is 0 Å². The molecule has 0 bridgehead atoms. The van der Waals surface area contributed by atoms with Crippen molar-refractivity contribution in [1.29, 1.82) is 0 Å². The molecule has 0 radical (unpaired) electrons. The molecule has 0 aliphatic rings. The number of rotatable bonds is 17. The van der Waals surface area contributed by atoms with Crippen molar-refractivity contribution in [2.24, 2.45) is 0 Å². The molecule has 0 saturated heterocycles. The number of carboxylic acids is 1. The second-order valence-electron chi connectivity index (χ2n) is 8.42. The SMILES string of the molecule is CCCCCOC(=O)OC(C)CN[C@@H](Cc1ccc(OC(=O)OCCC)c(OC(=O)OCCC)c1)C(=O)O. The number of nitrogens with one attached hydrogen (secondary N) is 1. The molecule has 1 unspecified atom stereocenters. The molecular formula is C26H39NO11. The summed E-state index contributed by atoms with van der Waals surface area (Å²) in [5, 5.41) is 12.5. The van der Waals surface area contributed by atoms with E-state index in [0.29, 0.717) is 18.4 Å². The zero-order valence-corrected chi connectivity index (χ0v) is 22.5. The lowest BCUT2D eigenvalue weighted by atomic mass is 10.0. The van der Waals surface area contributed by atoms with Gasteiger partial charge in [-0.05, 0) is 50.3 Å². The van der Waals surface area contributed by atoms with Gasteiger partial charge in [0.05, 0.1) is 19.8 Å². The highest BCUT2D eigenvalue weighted by atomic mass is 16.7. The lowest BCUT2D eigenvalue weighted by Crippen LogP contribution is -2.42. The minimum atomic E-state index is -1.15. The Balaban J connectivity index is 2.85. The van der Waals surface area contributed by atoms with Crippen molar-refractivity contribution in [1.82, 2.24) is 5.32 Å². The van der Waals surface area contributed by atoms with Gasteiger partial charge in [0.15, 0.2) is 11.5 Å². The fourth-order valence-corrected chi connectivity index (χ4v) is 2.99. The van der Waals surface area contributed by atoms with E-state index in [1.807, 2.05) is 20.8 Å². The molecule has 2 N–H and O–H groups in total. The normalized spacial score (nSPS) is 12.1. The highest BCUT2D eigenvalue weighted by molar-refractivity contribution is 5.74. The van der Waals surface area contributed by atoms with Crippen LogP contribution >= 0.6 is 0 Å². The Hall–Kier alpha value is -3.54. The van der Waals surface area contributed by atoms with E-state index in [9.17, 15) is 24.3 Å². The summed E-state index contributed by atoms with van der Waals surface area (Å²) >= 11 is 0. The molecule has 1 aromatic carbocycles. The van der Waals surface area contributed by atoms with Gasteiger partial charge < -0.3 is 38.8 Å². The number of carbonyl (C=O) groups excluding carboxylic acids is 3. The molecule has 12 nitrogen and oxygen atoms in total. The average Bonchev–Trinajstić information content (AvgIpc) is 2.87. The molecule has 0 amide bonds. The Labute approximate surface area is 222 Å². The second kappa shape index (κ2) is 18.7. The molecule has 1 rings (SSSR count). The number of unbranched alkanes of at least 4 members (excludes halogenated alkanes) is 2. The van der Waals surface area contributed by atoms with Crippen molar-refractivity contribution in [3.8, 4) is 11.5 Å². The van der Waals surface area contributed by atoms with Gasteiger partial charge in [0.25, 0.3) is 0 Å². The number of hydrogen-bond acceptors (Lipinski definition) is 11. The summed E-state index contributed by atoms with van der Waals surface area (Å²) in [7, 11) is 0. The molecule has 0 spiro atoms. The first-order valence-corrected chi connectivity index (χ1v) is 12.8. The van der Waals surface area contributed by atoms with Gasteiger partial charge >= 0.3 is 24.4 Å². The standard InChI is InChI=1S/C26H39NO11/c1-5-8-9-14-35-24(30)36-18(4)17-27-20(23(28)29)15-19-10-11-21(37-25(31)33-12-6-2)22(16-19)38-26(32)34-13-7-3/h10-11,16,18,20,27H,5-9,12-15,17H2,1-4H3,(H,28,29)/t18?,20-/m0/s1. The van der Waals surface area contributed by atoms with E-state index in [0.717, 1.165) is 19.3 Å². The van der Waals surface area contributed by atoms with Crippen LogP contribution < -0.4 is 14.8 Å². The van der Waals surface area contributed by atoms with E-state index in [1.165, 1.54) is 18.2 Å². The number of carbonyl (C=O) groups is 4. The molecule has 2 atom stereocenters. The van der Waals surface area contributed by atoms with E-state index >= 15 is 0 Å². The second-order valence-corrected chi connectivity index (χ2v) is 8.42. The Bertz CT molecular complexity index is 890. The fraction of sp³-hybridized carbons (Fsp3) is 0.615. The van der Waals surface area contributed by atoms with Crippen LogP contribution in [0.2, 0.25) is 0 Å². The van der Waals surface area contributed by atoms with E-state index in [2.05, 4.69) is 5.32 Å². The van der Waals surface area contributed by atoms with Crippen LogP contribution in [-0.2, 0) is 30.2 Å².